The van der Waals surface area contributed by atoms with Gasteiger partial charge in [-0.25, -0.2) is 4.79 Å². The number of methoxy groups -OCH3 is 1. The molecule has 0 saturated carbocycles. The van der Waals surface area contributed by atoms with E-state index in [-0.39, 0.29) is 19.8 Å². The van der Waals surface area contributed by atoms with Crippen LogP contribution < -0.4 is 0 Å². The first-order valence-corrected chi connectivity index (χ1v) is 5.30. The monoisotopic (exact) mass is 243 g/mol. The summed E-state index contributed by atoms with van der Waals surface area (Å²) >= 11 is 0. The van der Waals surface area contributed by atoms with Gasteiger partial charge in [0, 0.05) is 20.2 Å². The van der Waals surface area contributed by atoms with Crippen molar-refractivity contribution in [1.29, 1.82) is 0 Å². The number of nitrogens with zero attached hydrogens (tertiary/aromatic N) is 1. The first-order valence-electron chi connectivity index (χ1n) is 5.30. The lowest BCUT2D eigenvalue weighted by Gasteiger charge is -2.23. The number of amides is 1. The molecule has 1 rings (SSSR count). The van der Waals surface area contributed by atoms with Gasteiger partial charge in [-0.2, -0.15) is 0 Å². The van der Waals surface area contributed by atoms with Crippen molar-refractivity contribution in [2.75, 3.05) is 33.4 Å². The summed E-state index contributed by atoms with van der Waals surface area (Å²) in [6.07, 6.45) is 1.33. The zero-order valence-corrected chi connectivity index (χ0v) is 9.85. The largest absolute Gasteiger partial charge is 0.481 e. The molecular weight excluding hydrogens is 226 g/mol. The van der Waals surface area contributed by atoms with Crippen LogP contribution in [0.15, 0.2) is 12.7 Å². The van der Waals surface area contributed by atoms with Gasteiger partial charge in [0.25, 0.3) is 0 Å². The van der Waals surface area contributed by atoms with Crippen molar-refractivity contribution in [3.8, 4) is 0 Å². The Bertz CT molecular complexity index is 317. The van der Waals surface area contributed by atoms with Crippen LogP contribution in [0, 0.1) is 5.41 Å². The van der Waals surface area contributed by atoms with Gasteiger partial charge in [-0.1, -0.05) is 12.7 Å². The van der Waals surface area contributed by atoms with Crippen molar-refractivity contribution in [1.82, 2.24) is 4.90 Å². The molecule has 1 saturated heterocycles. The topological polar surface area (TPSA) is 76.1 Å². The lowest BCUT2D eigenvalue weighted by molar-refractivity contribution is -0.151. The van der Waals surface area contributed by atoms with Crippen LogP contribution in [0.3, 0.4) is 0 Å². The molecule has 96 valence electrons. The van der Waals surface area contributed by atoms with E-state index in [1.165, 1.54) is 18.1 Å². The number of hydrogen-bond acceptors (Lipinski definition) is 4. The van der Waals surface area contributed by atoms with Crippen LogP contribution in [-0.2, 0) is 14.3 Å². The van der Waals surface area contributed by atoms with E-state index >= 15 is 0 Å². The standard InChI is InChI=1S/C11H17NO5/c1-3-6-17-10(15)12-5-4-11(7-12,8-16-2)9(13)14/h3H,1,4-8H2,2H3,(H,13,14). The van der Waals surface area contributed by atoms with Crippen molar-refractivity contribution in [3.63, 3.8) is 0 Å². The average Bonchev–Trinajstić information content (AvgIpc) is 2.72. The van der Waals surface area contributed by atoms with Crippen LogP contribution in [0.25, 0.3) is 0 Å². The number of carboxylic acids is 1. The number of carbonyl (C=O) groups is 2. The van der Waals surface area contributed by atoms with Gasteiger partial charge in [-0.05, 0) is 6.42 Å². The van der Waals surface area contributed by atoms with Gasteiger partial charge in [-0.15, -0.1) is 0 Å². The molecule has 1 fully saturated rings. The summed E-state index contributed by atoms with van der Waals surface area (Å²) in [6.45, 7) is 4.14. The molecule has 0 aromatic carbocycles. The summed E-state index contributed by atoms with van der Waals surface area (Å²) in [7, 11) is 1.45. The van der Waals surface area contributed by atoms with Gasteiger partial charge in [0.15, 0.2) is 0 Å². The highest BCUT2D eigenvalue weighted by Gasteiger charge is 2.46. The summed E-state index contributed by atoms with van der Waals surface area (Å²) in [5.74, 6) is -0.946. The zero-order valence-electron chi connectivity index (χ0n) is 9.85. The second kappa shape index (κ2) is 5.67. The summed E-state index contributed by atoms with van der Waals surface area (Å²) in [4.78, 5) is 24.1. The first kappa shape index (κ1) is 13.5. The molecule has 6 nitrogen and oxygen atoms in total. The smallest absolute Gasteiger partial charge is 0.410 e. The molecule has 0 aromatic rings. The molecule has 1 atom stereocenters. The minimum Gasteiger partial charge on any atom is -0.481 e. The van der Waals surface area contributed by atoms with Crippen LogP contribution in [0.4, 0.5) is 4.79 Å². The molecule has 1 aliphatic rings. The van der Waals surface area contributed by atoms with E-state index in [4.69, 9.17) is 9.47 Å². The molecule has 0 radical (unpaired) electrons. The Labute approximate surface area is 99.8 Å². The summed E-state index contributed by atoms with van der Waals surface area (Å²) < 4.78 is 9.79. The SMILES string of the molecule is C=CCOC(=O)N1CCC(COC)(C(=O)O)C1. The highest BCUT2D eigenvalue weighted by molar-refractivity contribution is 5.78. The first-order chi connectivity index (χ1) is 8.05. The Hall–Kier alpha value is -1.56. The predicted octanol–water partition coefficient (Wildman–Crippen LogP) is 0.732. The Balaban J connectivity index is 2.62. The lowest BCUT2D eigenvalue weighted by atomic mass is 9.88. The van der Waals surface area contributed by atoms with Gasteiger partial charge < -0.3 is 19.5 Å². The van der Waals surface area contributed by atoms with E-state index in [1.807, 2.05) is 0 Å². The Morgan fingerprint density at radius 3 is 2.82 bits per heavy atom. The summed E-state index contributed by atoms with van der Waals surface area (Å²) in [6, 6.07) is 0. The summed E-state index contributed by atoms with van der Waals surface area (Å²) in [5, 5.41) is 9.20. The van der Waals surface area contributed by atoms with Gasteiger partial charge in [0.2, 0.25) is 0 Å². The number of carboxylic acid groups (broad SMARTS) is 1. The fourth-order valence-corrected chi connectivity index (χ4v) is 1.88. The van der Waals surface area contributed by atoms with Crippen LogP contribution in [-0.4, -0.2) is 55.5 Å². The minimum absolute atomic E-state index is 0.0908. The molecule has 0 bridgehead atoms. The van der Waals surface area contributed by atoms with Crippen molar-refractivity contribution in [3.05, 3.63) is 12.7 Å². The zero-order chi connectivity index (χ0) is 12.9. The van der Waals surface area contributed by atoms with Gasteiger partial charge >= 0.3 is 12.1 Å². The van der Waals surface area contributed by atoms with Crippen LogP contribution >= 0.6 is 0 Å². The van der Waals surface area contributed by atoms with Crippen molar-refractivity contribution in [2.24, 2.45) is 5.41 Å². The van der Waals surface area contributed by atoms with Gasteiger partial charge in [-0.3, -0.25) is 4.79 Å². The number of aliphatic carboxylic acids is 1. The number of carbonyl (C=O) groups excluding carboxylic acids is 1. The number of rotatable bonds is 5. The van der Waals surface area contributed by atoms with E-state index < -0.39 is 17.5 Å². The molecule has 1 unspecified atom stereocenters. The lowest BCUT2D eigenvalue weighted by Crippen LogP contribution is -2.40. The molecule has 1 aliphatic heterocycles. The normalized spacial score (nSPS) is 23.5. The third kappa shape index (κ3) is 2.97. The third-order valence-electron chi connectivity index (χ3n) is 2.81. The Morgan fingerprint density at radius 1 is 1.59 bits per heavy atom. The van der Waals surface area contributed by atoms with Crippen molar-refractivity contribution < 1.29 is 24.2 Å². The second-order valence-electron chi connectivity index (χ2n) is 4.06. The maximum Gasteiger partial charge on any atom is 0.410 e. The maximum atomic E-state index is 11.5. The fraction of sp³-hybridized carbons (Fsp3) is 0.636. The minimum atomic E-state index is -1.01. The molecule has 1 heterocycles. The van der Waals surface area contributed by atoms with E-state index in [1.54, 1.807) is 0 Å². The summed E-state index contributed by atoms with van der Waals surface area (Å²) in [5.41, 5.74) is -1.01. The Morgan fingerprint density at radius 2 is 2.29 bits per heavy atom. The van der Waals surface area contributed by atoms with Crippen molar-refractivity contribution in [2.45, 2.75) is 6.42 Å². The molecule has 17 heavy (non-hydrogen) atoms. The van der Waals surface area contributed by atoms with Crippen LogP contribution in [0.5, 0.6) is 0 Å². The van der Waals surface area contributed by atoms with E-state index in [0.29, 0.717) is 13.0 Å². The number of ether oxygens (including phenoxy) is 2. The quantitative estimate of drug-likeness (QED) is 0.720. The predicted molar refractivity (Wildman–Crippen MR) is 59.7 cm³/mol. The maximum absolute atomic E-state index is 11.5. The van der Waals surface area contributed by atoms with Crippen molar-refractivity contribution >= 4 is 12.1 Å². The molecule has 0 aromatic heterocycles. The fourth-order valence-electron chi connectivity index (χ4n) is 1.88. The van der Waals surface area contributed by atoms with E-state index in [0.717, 1.165) is 0 Å². The average molecular weight is 243 g/mol. The number of hydrogen-bond donors (Lipinski definition) is 1. The third-order valence-corrected chi connectivity index (χ3v) is 2.81. The molecule has 6 heteroatoms. The Kier molecular flexibility index (Phi) is 4.51. The molecule has 1 amide bonds. The molecule has 0 spiro atoms. The molecular formula is C11H17NO5. The van der Waals surface area contributed by atoms with Crippen LogP contribution in [0.2, 0.25) is 0 Å². The van der Waals surface area contributed by atoms with E-state index in [2.05, 4.69) is 6.58 Å². The highest BCUT2D eigenvalue weighted by atomic mass is 16.6. The highest BCUT2D eigenvalue weighted by Crippen LogP contribution is 2.31. The molecule has 1 N–H and O–H groups in total. The van der Waals surface area contributed by atoms with Crippen LogP contribution in [0.1, 0.15) is 6.42 Å². The molecule has 0 aliphatic carbocycles. The number of likely N-dealkylation sites (tertiary alicyclic amines) is 1. The van der Waals surface area contributed by atoms with Gasteiger partial charge in [0.05, 0.1) is 6.61 Å². The second-order valence-corrected chi connectivity index (χ2v) is 4.06. The van der Waals surface area contributed by atoms with Gasteiger partial charge in [0.1, 0.15) is 12.0 Å². The van der Waals surface area contributed by atoms with E-state index in [9.17, 15) is 14.7 Å².